The van der Waals surface area contributed by atoms with Gasteiger partial charge in [0.25, 0.3) is 11.7 Å². The van der Waals surface area contributed by atoms with Crippen molar-refractivity contribution in [2.75, 3.05) is 18.5 Å². The number of nitrogens with one attached hydrogen (secondary N) is 1. The van der Waals surface area contributed by atoms with Crippen molar-refractivity contribution >= 4 is 29.9 Å². The topological polar surface area (TPSA) is 122 Å². The maximum absolute atomic E-state index is 13.0. The van der Waals surface area contributed by atoms with E-state index >= 15 is 0 Å². The third kappa shape index (κ3) is 4.38. The van der Waals surface area contributed by atoms with E-state index in [1.54, 1.807) is 35.6 Å². The average molecular weight is 539 g/mol. The molecule has 3 atom stereocenters. The Balaban J connectivity index is 1.24. The number of hydrogen-bond donors (Lipinski definition) is 2. The van der Waals surface area contributed by atoms with Crippen molar-refractivity contribution in [3.8, 4) is 0 Å². The minimum Gasteiger partial charge on any atom is -0.447 e. The Hall–Kier alpha value is -4.36. The lowest BCUT2D eigenvalue weighted by atomic mass is 9.90. The zero-order chi connectivity index (χ0) is 27.4. The normalized spacial score (nSPS) is 25.8. The SMILES string of the molecule is N[N+]12C=CN=CC1=C([C@H]1CC[C@H]3COC(=O)N3C1)N=C2c1ccc(C(=O)Nc2cc(C(F)(F)F)ccn2)cc1. The van der Waals surface area contributed by atoms with Crippen LogP contribution in [0.2, 0.25) is 0 Å². The summed E-state index contributed by atoms with van der Waals surface area (Å²) in [5.74, 6) is 6.45. The minimum atomic E-state index is -4.55. The van der Waals surface area contributed by atoms with Gasteiger partial charge >= 0.3 is 12.3 Å². The van der Waals surface area contributed by atoms with E-state index in [1.165, 1.54) is 12.1 Å². The van der Waals surface area contributed by atoms with Gasteiger partial charge in [-0.1, -0.05) is 0 Å². The van der Waals surface area contributed by atoms with Gasteiger partial charge in [0.2, 0.25) is 5.70 Å². The van der Waals surface area contributed by atoms with Crippen molar-refractivity contribution in [3.05, 3.63) is 83.1 Å². The van der Waals surface area contributed by atoms with Crippen LogP contribution >= 0.6 is 0 Å². The van der Waals surface area contributed by atoms with E-state index in [-0.39, 0.29) is 34.0 Å². The number of nitrogens with zero attached hydrogens (tertiary/aromatic N) is 5. The molecule has 0 bridgehead atoms. The average Bonchev–Trinajstić information content (AvgIpc) is 3.45. The van der Waals surface area contributed by atoms with Gasteiger partial charge in [-0.15, -0.1) is 4.59 Å². The molecule has 1 aromatic heterocycles. The van der Waals surface area contributed by atoms with Crippen LogP contribution in [0.3, 0.4) is 0 Å². The van der Waals surface area contributed by atoms with Crippen molar-refractivity contribution < 1.29 is 32.1 Å². The molecule has 0 spiro atoms. The zero-order valence-corrected chi connectivity index (χ0v) is 20.4. The molecule has 4 aliphatic rings. The third-order valence-electron chi connectivity index (χ3n) is 7.28. The van der Waals surface area contributed by atoms with Crippen LogP contribution in [-0.2, 0) is 10.9 Å². The molecule has 2 saturated heterocycles. The number of aromatic nitrogens is 1. The second kappa shape index (κ2) is 9.13. The van der Waals surface area contributed by atoms with Crippen LogP contribution in [0.15, 0.2) is 76.4 Å². The number of allylic oxidation sites excluding steroid dienone is 1. The summed E-state index contributed by atoms with van der Waals surface area (Å²) in [6, 6.07) is 8.11. The van der Waals surface area contributed by atoms with E-state index in [0.29, 0.717) is 30.2 Å². The van der Waals surface area contributed by atoms with E-state index in [0.717, 1.165) is 36.9 Å². The number of piperidine rings is 1. The monoisotopic (exact) mass is 538 g/mol. The highest BCUT2D eigenvalue weighted by atomic mass is 19.4. The fourth-order valence-electron chi connectivity index (χ4n) is 5.24. The number of aliphatic imine (C=N–C) groups is 2. The number of quaternary nitrogens is 1. The van der Waals surface area contributed by atoms with E-state index in [2.05, 4.69) is 15.3 Å². The summed E-state index contributed by atoms with van der Waals surface area (Å²) in [6.07, 6.45) is 2.68. The maximum Gasteiger partial charge on any atom is 0.416 e. The van der Waals surface area contributed by atoms with Gasteiger partial charge in [-0.25, -0.2) is 9.78 Å². The molecule has 2 aromatic rings. The van der Waals surface area contributed by atoms with Crippen molar-refractivity contribution in [1.82, 2.24) is 9.88 Å². The molecule has 1 aromatic carbocycles. The van der Waals surface area contributed by atoms with E-state index in [4.69, 9.17) is 15.6 Å². The standard InChI is InChI=1S/C26H22F3N7O3/c27-26(28,29)18-7-8-32-21(11-18)33-24(37)16-3-1-15(2-4-16)23-34-22(20-12-31-9-10-36(20,23)30)17-5-6-19-14-39-25(38)35(19)13-17/h1-4,7-12,17,19H,5-6,13-14,30H2/p+1/t17-,19-,36?/m0/s1. The number of benzene rings is 1. The van der Waals surface area contributed by atoms with Gasteiger partial charge in [0, 0.05) is 24.2 Å². The van der Waals surface area contributed by atoms with E-state index in [1.807, 2.05) is 0 Å². The number of cyclic esters (lactones) is 1. The number of anilines is 1. The van der Waals surface area contributed by atoms with Crippen LogP contribution in [0.25, 0.3) is 0 Å². The first-order valence-electron chi connectivity index (χ1n) is 12.2. The second-order valence-corrected chi connectivity index (χ2v) is 9.68. The number of hydrogen-bond acceptors (Lipinski definition) is 7. The van der Waals surface area contributed by atoms with Crippen LogP contribution in [-0.4, -0.2) is 57.7 Å². The highest BCUT2D eigenvalue weighted by Crippen LogP contribution is 2.39. The molecule has 13 heteroatoms. The number of carbonyl (C=O) groups is 2. The summed E-state index contributed by atoms with van der Waals surface area (Å²) >= 11 is 0. The summed E-state index contributed by atoms with van der Waals surface area (Å²) in [5.41, 5.74) is 1.40. The smallest absolute Gasteiger partial charge is 0.416 e. The van der Waals surface area contributed by atoms with E-state index < -0.39 is 17.6 Å². The van der Waals surface area contributed by atoms with Crippen molar-refractivity contribution in [3.63, 3.8) is 0 Å². The number of pyridine rings is 1. The van der Waals surface area contributed by atoms with Crippen LogP contribution in [0, 0.1) is 5.92 Å². The lowest BCUT2D eigenvalue weighted by Gasteiger charge is -2.32. The molecule has 6 rings (SSSR count). The number of ether oxygens (including phenoxy) is 1. The summed E-state index contributed by atoms with van der Waals surface area (Å²) in [7, 11) is 0. The quantitative estimate of drug-likeness (QED) is 0.453. The van der Waals surface area contributed by atoms with Gasteiger partial charge < -0.3 is 15.0 Å². The molecule has 3 N–H and O–H groups in total. The number of halogens is 3. The molecule has 5 heterocycles. The number of carbonyl (C=O) groups excluding carboxylic acids is 2. The Morgan fingerprint density at radius 1 is 1.18 bits per heavy atom. The summed E-state index contributed by atoms with van der Waals surface area (Å²) < 4.78 is 43.9. The molecule has 10 nitrogen and oxygen atoms in total. The van der Waals surface area contributed by atoms with Crippen molar-refractivity contribution in [2.24, 2.45) is 21.7 Å². The van der Waals surface area contributed by atoms with E-state index in [9.17, 15) is 22.8 Å². The number of fused-ring (bicyclic) bond motifs is 2. The molecule has 0 saturated carbocycles. The minimum absolute atomic E-state index is 0.0524. The highest BCUT2D eigenvalue weighted by Gasteiger charge is 2.48. The van der Waals surface area contributed by atoms with Gasteiger partial charge in [0.15, 0.2) is 0 Å². The third-order valence-corrected chi connectivity index (χ3v) is 7.28. The Kier molecular flexibility index (Phi) is 5.84. The van der Waals surface area contributed by atoms with Crippen LogP contribution < -0.4 is 11.2 Å². The van der Waals surface area contributed by atoms with Crippen LogP contribution in [0.5, 0.6) is 0 Å². The Morgan fingerprint density at radius 2 is 1.97 bits per heavy atom. The van der Waals surface area contributed by atoms with Gasteiger partial charge in [0.1, 0.15) is 24.3 Å². The molecule has 2 fully saturated rings. The predicted octanol–water partition coefficient (Wildman–Crippen LogP) is 3.80. The largest absolute Gasteiger partial charge is 0.447 e. The van der Waals surface area contributed by atoms with Crippen LogP contribution in [0.1, 0.15) is 34.3 Å². The molecular weight excluding hydrogens is 515 g/mol. The molecule has 200 valence electrons. The molecule has 4 aliphatic heterocycles. The zero-order valence-electron chi connectivity index (χ0n) is 20.4. The lowest BCUT2D eigenvalue weighted by Crippen LogP contribution is -2.53. The fourth-order valence-corrected chi connectivity index (χ4v) is 5.24. The number of amides is 2. The molecule has 2 amide bonds. The van der Waals surface area contributed by atoms with Gasteiger partial charge in [-0.05, 0) is 49.2 Å². The molecule has 0 aliphatic carbocycles. The Labute approximate surface area is 220 Å². The predicted molar refractivity (Wildman–Crippen MR) is 134 cm³/mol. The van der Waals surface area contributed by atoms with Gasteiger partial charge in [-0.2, -0.15) is 24.0 Å². The molecule has 39 heavy (non-hydrogen) atoms. The lowest BCUT2D eigenvalue weighted by molar-refractivity contribution is -0.750. The first kappa shape index (κ1) is 24.9. The maximum atomic E-state index is 13.0. The summed E-state index contributed by atoms with van der Waals surface area (Å²) in [6.45, 7) is 0.871. The first-order chi connectivity index (χ1) is 18.6. The number of nitrogens with two attached hydrogens (primary N) is 1. The summed E-state index contributed by atoms with van der Waals surface area (Å²) in [5, 5.41) is 2.40. The Morgan fingerprint density at radius 3 is 2.74 bits per heavy atom. The fraction of sp³-hybridized carbons (Fsp3) is 0.269. The van der Waals surface area contributed by atoms with Crippen molar-refractivity contribution in [2.45, 2.75) is 25.1 Å². The highest BCUT2D eigenvalue weighted by molar-refractivity contribution is 6.05. The summed E-state index contributed by atoms with van der Waals surface area (Å²) in [4.78, 5) is 39.6. The molecular formula is C26H23F3N7O3+. The number of alkyl halides is 3. The van der Waals surface area contributed by atoms with Gasteiger partial charge in [-0.3, -0.25) is 9.79 Å². The number of rotatable bonds is 4. The second-order valence-electron chi connectivity index (χ2n) is 9.68. The van der Waals surface area contributed by atoms with Gasteiger partial charge in [0.05, 0.1) is 29.6 Å². The first-order valence-corrected chi connectivity index (χ1v) is 12.2. The molecule has 1 unspecified atom stereocenters. The Bertz CT molecular complexity index is 1480. The van der Waals surface area contributed by atoms with Crippen LogP contribution in [0.4, 0.5) is 23.8 Å². The number of amidine groups is 1. The van der Waals surface area contributed by atoms with Crippen molar-refractivity contribution in [1.29, 1.82) is 0 Å². The molecule has 0 radical (unpaired) electrons.